The first-order valence-electron chi connectivity index (χ1n) is 7.16. The van der Waals surface area contributed by atoms with Gasteiger partial charge in [-0.15, -0.1) is 0 Å². The van der Waals surface area contributed by atoms with Crippen LogP contribution in [0, 0.1) is 18.3 Å². The molecular weight excluding hydrogens is 334 g/mol. The minimum absolute atomic E-state index is 0.0605. The second-order valence-electron chi connectivity index (χ2n) is 4.75. The van der Waals surface area contributed by atoms with Crippen molar-refractivity contribution in [3.8, 4) is 6.07 Å². The molecule has 0 atom stereocenters. The molecule has 9 heteroatoms. The molecule has 1 aromatic rings. The molecule has 0 spiro atoms. The van der Waals surface area contributed by atoms with Gasteiger partial charge in [0.15, 0.2) is 0 Å². The number of aryl methyl sites for hydroxylation is 1. The van der Waals surface area contributed by atoms with Gasteiger partial charge in [-0.05, 0) is 19.9 Å². The number of rotatable bonds is 5. The Bertz CT molecular complexity index is 729. The van der Waals surface area contributed by atoms with Crippen molar-refractivity contribution in [1.82, 2.24) is 9.88 Å². The first-order chi connectivity index (χ1) is 11.5. The highest BCUT2D eigenvalue weighted by atomic mass is 32.2. The summed E-state index contributed by atoms with van der Waals surface area (Å²) < 4.78 is 9.62. The molecule has 0 unspecified atom stereocenters. The molecule has 0 saturated carbocycles. The summed E-state index contributed by atoms with van der Waals surface area (Å²) in [5.74, 6) is -1.03. The van der Waals surface area contributed by atoms with Gasteiger partial charge in [-0.25, -0.2) is 19.5 Å². The predicted octanol–water partition coefficient (Wildman–Crippen LogP) is 1.51. The van der Waals surface area contributed by atoms with Crippen LogP contribution in [0.25, 0.3) is 0 Å². The first-order valence-corrected chi connectivity index (χ1v) is 8.15. The van der Waals surface area contributed by atoms with Crippen molar-refractivity contribution in [2.75, 3.05) is 25.5 Å². The molecule has 1 aliphatic rings. The zero-order chi connectivity index (χ0) is 17.7. The van der Waals surface area contributed by atoms with E-state index in [9.17, 15) is 19.6 Å². The molecule has 0 aromatic carbocycles. The van der Waals surface area contributed by atoms with Crippen LogP contribution < -0.4 is 0 Å². The Morgan fingerprint density at radius 2 is 2.29 bits per heavy atom. The fourth-order valence-electron chi connectivity index (χ4n) is 2.02. The van der Waals surface area contributed by atoms with Crippen LogP contribution in [0.3, 0.4) is 0 Å². The number of carbonyl (C=O) groups excluding carboxylic acids is 3. The first kappa shape index (κ1) is 17.7. The third-order valence-electron chi connectivity index (χ3n) is 3.19. The number of imide groups is 1. The second kappa shape index (κ2) is 7.79. The Kier molecular flexibility index (Phi) is 5.76. The molecule has 1 aliphatic heterocycles. The number of hydrogen-bond acceptors (Lipinski definition) is 8. The van der Waals surface area contributed by atoms with E-state index < -0.39 is 18.0 Å². The molecule has 2 amide bonds. The number of nitriles is 1. The average molecular weight is 349 g/mol. The van der Waals surface area contributed by atoms with E-state index in [0.717, 1.165) is 16.7 Å². The summed E-state index contributed by atoms with van der Waals surface area (Å²) in [6.45, 7) is 3.93. The van der Waals surface area contributed by atoms with Crippen LogP contribution >= 0.6 is 11.8 Å². The second-order valence-corrected chi connectivity index (χ2v) is 5.72. The predicted molar refractivity (Wildman–Crippen MR) is 83.4 cm³/mol. The SMILES string of the molecule is CCOC(=O)c1cc(C#N)c(SCC(=O)N2CCOC2=O)nc1C. The van der Waals surface area contributed by atoms with Crippen LogP contribution in [-0.2, 0) is 14.3 Å². The summed E-state index contributed by atoms with van der Waals surface area (Å²) in [5, 5.41) is 9.56. The fraction of sp³-hybridized carbons (Fsp3) is 0.400. The van der Waals surface area contributed by atoms with Gasteiger partial charge in [0.1, 0.15) is 17.7 Å². The van der Waals surface area contributed by atoms with Crippen LogP contribution in [0.2, 0.25) is 0 Å². The monoisotopic (exact) mass is 349 g/mol. The van der Waals surface area contributed by atoms with E-state index in [1.807, 2.05) is 6.07 Å². The minimum atomic E-state index is -0.664. The molecule has 1 fully saturated rings. The largest absolute Gasteiger partial charge is 0.462 e. The highest BCUT2D eigenvalue weighted by Crippen LogP contribution is 2.24. The van der Waals surface area contributed by atoms with Crippen molar-refractivity contribution in [2.24, 2.45) is 0 Å². The van der Waals surface area contributed by atoms with Gasteiger partial charge in [0, 0.05) is 0 Å². The van der Waals surface area contributed by atoms with Crippen molar-refractivity contribution < 1.29 is 23.9 Å². The van der Waals surface area contributed by atoms with E-state index in [0.29, 0.717) is 10.7 Å². The van der Waals surface area contributed by atoms with E-state index in [1.54, 1.807) is 13.8 Å². The highest BCUT2D eigenvalue weighted by molar-refractivity contribution is 8.00. The van der Waals surface area contributed by atoms with Crippen molar-refractivity contribution in [3.05, 3.63) is 22.9 Å². The number of aromatic nitrogens is 1. The van der Waals surface area contributed by atoms with Crippen LogP contribution in [-0.4, -0.2) is 53.4 Å². The normalized spacial score (nSPS) is 13.4. The van der Waals surface area contributed by atoms with E-state index >= 15 is 0 Å². The number of esters is 1. The number of ether oxygens (including phenoxy) is 2. The molecule has 2 rings (SSSR count). The fourth-order valence-corrected chi connectivity index (χ4v) is 2.89. The Morgan fingerprint density at radius 1 is 1.54 bits per heavy atom. The van der Waals surface area contributed by atoms with Gasteiger partial charge in [-0.2, -0.15) is 5.26 Å². The lowest BCUT2D eigenvalue weighted by atomic mass is 10.1. The maximum atomic E-state index is 12.0. The summed E-state index contributed by atoms with van der Waals surface area (Å²) in [4.78, 5) is 40.4. The molecule has 24 heavy (non-hydrogen) atoms. The summed E-state index contributed by atoms with van der Waals surface area (Å²) >= 11 is 1.03. The van der Waals surface area contributed by atoms with Crippen molar-refractivity contribution in [3.63, 3.8) is 0 Å². The van der Waals surface area contributed by atoms with Gasteiger partial charge in [-0.3, -0.25) is 4.79 Å². The topological polar surface area (TPSA) is 110 Å². The molecule has 1 saturated heterocycles. The van der Waals surface area contributed by atoms with Gasteiger partial charge in [0.2, 0.25) is 5.91 Å². The van der Waals surface area contributed by atoms with Crippen LogP contribution in [0.5, 0.6) is 0 Å². The highest BCUT2D eigenvalue weighted by Gasteiger charge is 2.28. The lowest BCUT2D eigenvalue weighted by molar-refractivity contribution is -0.125. The minimum Gasteiger partial charge on any atom is -0.462 e. The maximum absolute atomic E-state index is 12.0. The van der Waals surface area contributed by atoms with Gasteiger partial charge < -0.3 is 9.47 Å². The van der Waals surface area contributed by atoms with Gasteiger partial charge in [0.25, 0.3) is 0 Å². The molecule has 0 aliphatic carbocycles. The standard InChI is InChI=1S/C15H15N3O5S/c1-3-22-14(20)11-6-10(7-16)13(17-9(11)2)24-8-12(19)18-4-5-23-15(18)21/h6H,3-5,8H2,1-2H3. The zero-order valence-electron chi connectivity index (χ0n) is 13.2. The maximum Gasteiger partial charge on any atom is 0.416 e. The zero-order valence-corrected chi connectivity index (χ0v) is 14.0. The number of hydrogen-bond donors (Lipinski definition) is 0. The number of amides is 2. The van der Waals surface area contributed by atoms with E-state index in [-0.39, 0.29) is 36.6 Å². The Labute approximate surface area is 142 Å². The van der Waals surface area contributed by atoms with Crippen LogP contribution in [0.15, 0.2) is 11.1 Å². The molecule has 0 bridgehead atoms. The Morgan fingerprint density at radius 3 is 2.88 bits per heavy atom. The molecule has 8 nitrogen and oxygen atoms in total. The Hall–Kier alpha value is -2.60. The number of cyclic esters (lactones) is 1. The summed E-state index contributed by atoms with van der Waals surface area (Å²) in [6, 6.07) is 3.35. The van der Waals surface area contributed by atoms with Crippen molar-refractivity contribution >= 4 is 29.7 Å². The van der Waals surface area contributed by atoms with E-state index in [2.05, 4.69) is 4.98 Å². The molecular formula is C15H15N3O5S. The molecule has 0 N–H and O–H groups in total. The molecule has 1 aromatic heterocycles. The lowest BCUT2D eigenvalue weighted by Gasteiger charge is -2.11. The molecule has 0 radical (unpaired) electrons. The summed E-state index contributed by atoms with van der Waals surface area (Å²) in [6.07, 6.45) is -0.664. The van der Waals surface area contributed by atoms with E-state index in [1.165, 1.54) is 6.07 Å². The smallest absolute Gasteiger partial charge is 0.416 e. The molecule has 2 heterocycles. The van der Waals surface area contributed by atoms with Crippen LogP contribution in [0.1, 0.15) is 28.5 Å². The number of nitrogens with zero attached hydrogens (tertiary/aromatic N) is 3. The molecule has 126 valence electrons. The third kappa shape index (κ3) is 3.83. The van der Waals surface area contributed by atoms with Crippen LogP contribution in [0.4, 0.5) is 4.79 Å². The third-order valence-corrected chi connectivity index (χ3v) is 4.16. The summed E-state index contributed by atoms with van der Waals surface area (Å²) in [5.41, 5.74) is 0.792. The lowest BCUT2D eigenvalue weighted by Crippen LogP contribution is -2.33. The van der Waals surface area contributed by atoms with Gasteiger partial charge >= 0.3 is 12.1 Å². The van der Waals surface area contributed by atoms with Crippen molar-refractivity contribution in [2.45, 2.75) is 18.9 Å². The quantitative estimate of drug-likeness (QED) is 0.581. The number of thioether (sulfide) groups is 1. The number of carbonyl (C=O) groups is 3. The summed E-state index contributed by atoms with van der Waals surface area (Å²) in [7, 11) is 0. The Balaban J connectivity index is 2.14. The number of pyridine rings is 1. The van der Waals surface area contributed by atoms with Gasteiger partial charge in [-0.1, -0.05) is 11.8 Å². The van der Waals surface area contributed by atoms with Gasteiger partial charge in [0.05, 0.1) is 35.7 Å². The van der Waals surface area contributed by atoms with E-state index in [4.69, 9.17) is 9.47 Å². The average Bonchev–Trinajstić information content (AvgIpc) is 2.99. The van der Waals surface area contributed by atoms with Crippen molar-refractivity contribution in [1.29, 1.82) is 5.26 Å².